The van der Waals surface area contributed by atoms with Crippen molar-refractivity contribution < 1.29 is 9.53 Å². The summed E-state index contributed by atoms with van der Waals surface area (Å²) in [6.45, 7) is 7.62. The normalized spacial score (nSPS) is 11.0. The van der Waals surface area contributed by atoms with Crippen molar-refractivity contribution in [3.8, 4) is 5.75 Å². The SMILES string of the molecule is CCC(CC)c1c(C=O)nnn1CCCOc1cccc(C)c1. The fraction of sp³-hybridized carbons (Fsp3) is 0.500. The van der Waals surface area contributed by atoms with Crippen LogP contribution in [-0.4, -0.2) is 27.9 Å². The minimum atomic E-state index is 0.322. The lowest BCUT2D eigenvalue weighted by Crippen LogP contribution is -2.12. The average Bonchev–Trinajstić information content (AvgIpc) is 2.96. The Morgan fingerprint density at radius 3 is 2.74 bits per heavy atom. The van der Waals surface area contributed by atoms with E-state index in [0.29, 0.717) is 24.8 Å². The molecule has 1 heterocycles. The Morgan fingerprint density at radius 2 is 2.09 bits per heavy atom. The van der Waals surface area contributed by atoms with Crippen molar-refractivity contribution in [2.24, 2.45) is 0 Å². The van der Waals surface area contributed by atoms with E-state index in [1.165, 1.54) is 5.56 Å². The maximum absolute atomic E-state index is 11.2. The molecule has 1 aromatic carbocycles. The van der Waals surface area contributed by atoms with Gasteiger partial charge in [-0.05, 0) is 37.5 Å². The van der Waals surface area contributed by atoms with Crippen LogP contribution in [-0.2, 0) is 6.54 Å². The van der Waals surface area contributed by atoms with Gasteiger partial charge in [-0.1, -0.05) is 31.2 Å². The number of ether oxygens (including phenoxy) is 1. The number of aldehydes is 1. The average molecular weight is 315 g/mol. The monoisotopic (exact) mass is 315 g/mol. The summed E-state index contributed by atoms with van der Waals surface area (Å²) in [5.74, 6) is 1.21. The third kappa shape index (κ3) is 4.41. The Balaban J connectivity index is 1.95. The molecule has 5 heteroatoms. The van der Waals surface area contributed by atoms with Crippen LogP contribution in [0.15, 0.2) is 24.3 Å². The van der Waals surface area contributed by atoms with Gasteiger partial charge in [-0.25, -0.2) is 4.68 Å². The van der Waals surface area contributed by atoms with Crippen LogP contribution in [0.2, 0.25) is 0 Å². The number of nitrogens with zero attached hydrogens (tertiary/aromatic N) is 3. The molecule has 0 unspecified atom stereocenters. The maximum atomic E-state index is 11.2. The van der Waals surface area contributed by atoms with E-state index in [0.717, 1.165) is 37.0 Å². The van der Waals surface area contributed by atoms with Crippen LogP contribution in [0.1, 0.15) is 60.8 Å². The summed E-state index contributed by atoms with van der Waals surface area (Å²) in [6.07, 6.45) is 3.58. The summed E-state index contributed by atoms with van der Waals surface area (Å²) < 4.78 is 7.63. The molecule has 2 rings (SSSR count). The highest BCUT2D eigenvalue weighted by Gasteiger charge is 2.19. The molecule has 0 spiro atoms. The zero-order chi connectivity index (χ0) is 16.7. The molecule has 0 fully saturated rings. The molecule has 124 valence electrons. The minimum Gasteiger partial charge on any atom is -0.494 e. The number of aromatic nitrogens is 3. The van der Waals surface area contributed by atoms with Gasteiger partial charge in [0.05, 0.1) is 12.3 Å². The van der Waals surface area contributed by atoms with E-state index >= 15 is 0 Å². The van der Waals surface area contributed by atoms with Gasteiger partial charge in [-0.3, -0.25) is 4.79 Å². The Morgan fingerprint density at radius 1 is 1.30 bits per heavy atom. The summed E-state index contributed by atoms with van der Waals surface area (Å²) >= 11 is 0. The standard InChI is InChI=1S/C18H25N3O2/c1-4-15(5-2)18-17(13-22)19-20-21(18)10-7-11-23-16-9-6-8-14(3)12-16/h6,8-9,12-13,15H,4-5,7,10-11H2,1-3H3. The second-order valence-electron chi connectivity index (χ2n) is 5.73. The van der Waals surface area contributed by atoms with Crippen molar-refractivity contribution in [2.75, 3.05) is 6.61 Å². The van der Waals surface area contributed by atoms with Gasteiger partial charge in [0.25, 0.3) is 0 Å². The molecule has 5 nitrogen and oxygen atoms in total. The molecule has 0 atom stereocenters. The van der Waals surface area contributed by atoms with Crippen LogP contribution < -0.4 is 4.74 Å². The van der Waals surface area contributed by atoms with E-state index < -0.39 is 0 Å². The van der Waals surface area contributed by atoms with Gasteiger partial charge in [-0.2, -0.15) is 0 Å². The third-order valence-corrected chi connectivity index (χ3v) is 4.06. The molecule has 2 aromatic rings. The Kier molecular flexibility index (Phi) is 6.32. The van der Waals surface area contributed by atoms with E-state index in [-0.39, 0.29) is 0 Å². The van der Waals surface area contributed by atoms with Gasteiger partial charge >= 0.3 is 0 Å². The van der Waals surface area contributed by atoms with Crippen molar-refractivity contribution in [2.45, 2.75) is 52.5 Å². The molecule has 0 saturated carbocycles. The molecular weight excluding hydrogens is 290 g/mol. The van der Waals surface area contributed by atoms with Crippen LogP contribution in [0.25, 0.3) is 0 Å². The van der Waals surface area contributed by atoms with Crippen molar-refractivity contribution in [3.63, 3.8) is 0 Å². The summed E-state index contributed by atoms with van der Waals surface area (Å²) in [6, 6.07) is 8.02. The number of carbonyl (C=O) groups is 1. The van der Waals surface area contributed by atoms with Gasteiger partial charge in [-0.15, -0.1) is 5.10 Å². The molecule has 23 heavy (non-hydrogen) atoms. The lowest BCUT2D eigenvalue weighted by Gasteiger charge is -2.15. The Bertz CT molecular complexity index is 633. The highest BCUT2D eigenvalue weighted by Crippen LogP contribution is 2.24. The summed E-state index contributed by atoms with van der Waals surface area (Å²) in [5, 5.41) is 8.15. The first-order valence-corrected chi connectivity index (χ1v) is 8.27. The number of aryl methyl sites for hydroxylation is 2. The number of hydrogen-bond donors (Lipinski definition) is 0. The molecule has 0 aliphatic heterocycles. The summed E-state index contributed by atoms with van der Waals surface area (Å²) in [4.78, 5) is 11.2. The number of carbonyl (C=O) groups excluding carboxylic acids is 1. The molecular formula is C18H25N3O2. The van der Waals surface area contributed by atoms with Gasteiger partial charge in [0, 0.05) is 18.9 Å². The van der Waals surface area contributed by atoms with Crippen LogP contribution in [0, 0.1) is 6.92 Å². The highest BCUT2D eigenvalue weighted by atomic mass is 16.5. The first-order chi connectivity index (χ1) is 11.2. The van der Waals surface area contributed by atoms with Crippen LogP contribution in [0.5, 0.6) is 5.75 Å². The fourth-order valence-corrected chi connectivity index (χ4v) is 2.79. The molecule has 0 saturated heterocycles. The fourth-order valence-electron chi connectivity index (χ4n) is 2.79. The number of hydrogen-bond acceptors (Lipinski definition) is 4. The van der Waals surface area contributed by atoms with Crippen molar-refractivity contribution >= 4 is 6.29 Å². The van der Waals surface area contributed by atoms with Crippen LogP contribution >= 0.6 is 0 Å². The van der Waals surface area contributed by atoms with E-state index in [2.05, 4.69) is 24.2 Å². The minimum absolute atomic E-state index is 0.322. The molecule has 1 aromatic heterocycles. The second kappa shape index (κ2) is 8.46. The number of benzene rings is 1. The van der Waals surface area contributed by atoms with Crippen molar-refractivity contribution in [1.82, 2.24) is 15.0 Å². The quantitative estimate of drug-likeness (QED) is 0.522. The predicted molar refractivity (Wildman–Crippen MR) is 90.0 cm³/mol. The Hall–Kier alpha value is -2.17. The maximum Gasteiger partial charge on any atom is 0.172 e. The zero-order valence-electron chi connectivity index (χ0n) is 14.2. The predicted octanol–water partition coefficient (Wildman–Crippen LogP) is 3.77. The molecule has 0 radical (unpaired) electrons. The highest BCUT2D eigenvalue weighted by molar-refractivity contribution is 5.73. The van der Waals surface area contributed by atoms with Crippen LogP contribution in [0.4, 0.5) is 0 Å². The Labute approximate surface area is 137 Å². The largest absolute Gasteiger partial charge is 0.494 e. The van der Waals surface area contributed by atoms with Gasteiger partial charge in [0.2, 0.25) is 0 Å². The van der Waals surface area contributed by atoms with E-state index in [4.69, 9.17) is 4.74 Å². The third-order valence-electron chi connectivity index (χ3n) is 4.06. The van der Waals surface area contributed by atoms with Gasteiger partial charge in [0.1, 0.15) is 11.4 Å². The lowest BCUT2D eigenvalue weighted by molar-refractivity contribution is 0.111. The second-order valence-corrected chi connectivity index (χ2v) is 5.73. The van der Waals surface area contributed by atoms with Crippen molar-refractivity contribution in [1.29, 1.82) is 0 Å². The van der Waals surface area contributed by atoms with E-state index in [1.54, 1.807) is 0 Å². The van der Waals surface area contributed by atoms with Gasteiger partial charge < -0.3 is 4.74 Å². The zero-order valence-corrected chi connectivity index (χ0v) is 14.2. The van der Waals surface area contributed by atoms with Crippen LogP contribution in [0.3, 0.4) is 0 Å². The summed E-state index contributed by atoms with van der Waals surface area (Å²) in [7, 11) is 0. The molecule has 0 aliphatic carbocycles. The summed E-state index contributed by atoms with van der Waals surface area (Å²) in [5.41, 5.74) is 2.62. The topological polar surface area (TPSA) is 57.0 Å². The molecule has 0 N–H and O–H groups in total. The smallest absolute Gasteiger partial charge is 0.172 e. The molecule has 0 aliphatic rings. The van der Waals surface area contributed by atoms with E-state index in [1.807, 2.05) is 35.9 Å². The molecule has 0 amide bonds. The number of rotatable bonds is 9. The lowest BCUT2D eigenvalue weighted by atomic mass is 9.97. The molecule has 0 bridgehead atoms. The first-order valence-electron chi connectivity index (χ1n) is 8.27. The first kappa shape index (κ1) is 17.2. The van der Waals surface area contributed by atoms with Gasteiger partial charge in [0.15, 0.2) is 6.29 Å². The van der Waals surface area contributed by atoms with Crippen molar-refractivity contribution in [3.05, 3.63) is 41.2 Å². The van der Waals surface area contributed by atoms with E-state index in [9.17, 15) is 4.79 Å².